The van der Waals surface area contributed by atoms with E-state index in [0.717, 1.165) is 0 Å². The van der Waals surface area contributed by atoms with Crippen molar-refractivity contribution in [2.24, 2.45) is 5.92 Å². The molecule has 9 heteroatoms. The van der Waals surface area contributed by atoms with Crippen LogP contribution in [0.15, 0.2) is 53.4 Å². The van der Waals surface area contributed by atoms with E-state index < -0.39 is 10.0 Å². The molecule has 3 atom stereocenters. The van der Waals surface area contributed by atoms with Gasteiger partial charge in [0, 0.05) is 30.3 Å². The smallest absolute Gasteiger partial charge is 0.261 e. The number of nitrogens with zero attached hydrogens (tertiary/aromatic N) is 2. The second-order valence-corrected chi connectivity index (χ2v) is 10.6. The molecule has 2 aromatic carbocycles. The van der Waals surface area contributed by atoms with Crippen LogP contribution >= 0.6 is 0 Å². The number of likely N-dealkylation sites (N-methyl/N-ethyl adjacent to an activating group) is 1. The predicted octanol–water partition coefficient (Wildman–Crippen LogP) is 2.20. The van der Waals surface area contributed by atoms with Gasteiger partial charge in [0.1, 0.15) is 11.9 Å². The zero-order valence-corrected chi connectivity index (χ0v) is 20.4. The molecule has 0 unspecified atom stereocenters. The van der Waals surface area contributed by atoms with Crippen molar-refractivity contribution < 1.29 is 23.1 Å². The lowest BCUT2D eigenvalue weighted by Gasteiger charge is -2.33. The molecule has 1 heterocycles. The number of rotatable bonds is 7. The summed E-state index contributed by atoms with van der Waals surface area (Å²) in [4.78, 5) is 17.1. The van der Waals surface area contributed by atoms with Crippen molar-refractivity contribution in [1.29, 1.82) is 0 Å². The van der Waals surface area contributed by atoms with Gasteiger partial charge >= 0.3 is 0 Å². The predicted molar refractivity (Wildman–Crippen MR) is 128 cm³/mol. The quantitative estimate of drug-likeness (QED) is 0.637. The molecule has 1 aliphatic rings. The van der Waals surface area contributed by atoms with Gasteiger partial charge in [0.15, 0.2) is 0 Å². The highest BCUT2D eigenvalue weighted by molar-refractivity contribution is 7.92. The fourth-order valence-corrected chi connectivity index (χ4v) is 4.96. The Bertz CT molecular complexity index is 1060. The minimum absolute atomic E-state index is 0.0209. The van der Waals surface area contributed by atoms with Gasteiger partial charge < -0.3 is 19.6 Å². The van der Waals surface area contributed by atoms with E-state index in [2.05, 4.69) is 4.72 Å². The van der Waals surface area contributed by atoms with Crippen molar-refractivity contribution in [3.63, 3.8) is 0 Å². The highest BCUT2D eigenvalue weighted by Crippen LogP contribution is 2.30. The molecule has 2 aromatic rings. The van der Waals surface area contributed by atoms with Crippen molar-refractivity contribution in [3.8, 4) is 5.75 Å². The summed E-state index contributed by atoms with van der Waals surface area (Å²) in [5, 5.41) is 9.70. The second-order valence-electron chi connectivity index (χ2n) is 8.89. The third-order valence-corrected chi connectivity index (χ3v) is 7.16. The minimum atomic E-state index is -3.77. The Balaban J connectivity index is 1.97. The van der Waals surface area contributed by atoms with Gasteiger partial charge in [-0.3, -0.25) is 9.52 Å². The van der Waals surface area contributed by atoms with Crippen LogP contribution in [-0.2, 0) is 21.2 Å². The van der Waals surface area contributed by atoms with E-state index in [1.165, 1.54) is 12.1 Å². The Morgan fingerprint density at radius 2 is 1.91 bits per heavy atom. The monoisotopic (exact) mass is 475 g/mol. The summed E-state index contributed by atoms with van der Waals surface area (Å²) in [5.41, 5.74) is 0.952. The summed E-state index contributed by atoms with van der Waals surface area (Å²) in [6.45, 7) is 4.82. The van der Waals surface area contributed by atoms with Crippen molar-refractivity contribution in [2.45, 2.75) is 37.3 Å². The van der Waals surface area contributed by atoms with Gasteiger partial charge in [0.25, 0.3) is 10.0 Å². The molecule has 1 aliphatic heterocycles. The molecule has 0 fully saturated rings. The van der Waals surface area contributed by atoms with Crippen LogP contribution in [0.25, 0.3) is 0 Å². The molecule has 0 aliphatic carbocycles. The maximum absolute atomic E-state index is 13.2. The average Bonchev–Trinajstić information content (AvgIpc) is 2.81. The Morgan fingerprint density at radius 3 is 2.55 bits per heavy atom. The van der Waals surface area contributed by atoms with Crippen LogP contribution in [0, 0.1) is 5.92 Å². The normalized spacial score (nSPS) is 20.3. The molecule has 8 nitrogen and oxygen atoms in total. The number of carbonyl (C=O) groups excluding carboxylic acids is 1. The van der Waals surface area contributed by atoms with Crippen LogP contribution in [0.2, 0.25) is 0 Å². The van der Waals surface area contributed by atoms with Gasteiger partial charge in [-0.1, -0.05) is 25.1 Å². The van der Waals surface area contributed by atoms with E-state index in [1.54, 1.807) is 41.3 Å². The number of benzene rings is 2. The molecule has 180 valence electrons. The zero-order valence-electron chi connectivity index (χ0n) is 19.6. The Morgan fingerprint density at radius 1 is 1.21 bits per heavy atom. The third kappa shape index (κ3) is 6.25. The molecule has 2 N–H and O–H groups in total. The summed E-state index contributed by atoms with van der Waals surface area (Å²) < 4.78 is 34.5. The first-order valence-corrected chi connectivity index (χ1v) is 12.5. The van der Waals surface area contributed by atoms with E-state index in [0.29, 0.717) is 30.1 Å². The lowest BCUT2D eigenvalue weighted by Crippen LogP contribution is -2.47. The van der Waals surface area contributed by atoms with E-state index in [1.807, 2.05) is 32.8 Å². The van der Waals surface area contributed by atoms with Crippen molar-refractivity contribution in [2.75, 3.05) is 38.5 Å². The van der Waals surface area contributed by atoms with Gasteiger partial charge in [-0.2, -0.15) is 0 Å². The molecule has 0 spiro atoms. The molecular weight excluding hydrogens is 442 g/mol. The minimum Gasteiger partial charge on any atom is -0.488 e. The number of aliphatic hydroxyl groups excluding tert-OH is 1. The molecule has 0 bridgehead atoms. The van der Waals surface area contributed by atoms with Crippen molar-refractivity contribution in [3.05, 3.63) is 54.1 Å². The lowest BCUT2D eigenvalue weighted by molar-refractivity contribution is -0.134. The average molecular weight is 476 g/mol. The molecule has 0 aromatic heterocycles. The van der Waals surface area contributed by atoms with Crippen LogP contribution in [-0.4, -0.2) is 75.2 Å². The summed E-state index contributed by atoms with van der Waals surface area (Å²) in [7, 11) is 0.159. The van der Waals surface area contributed by atoms with Crippen LogP contribution in [0.5, 0.6) is 5.75 Å². The van der Waals surface area contributed by atoms with Crippen molar-refractivity contribution >= 4 is 21.6 Å². The zero-order chi connectivity index (χ0) is 24.2. The summed E-state index contributed by atoms with van der Waals surface area (Å²) in [6, 6.07) is 12.8. The second kappa shape index (κ2) is 10.5. The van der Waals surface area contributed by atoms with Gasteiger partial charge in [0.2, 0.25) is 5.91 Å². The number of hydrogen-bond acceptors (Lipinski definition) is 6. The number of nitrogens with one attached hydrogen (secondary N) is 1. The number of aliphatic hydroxyl groups is 1. The lowest BCUT2D eigenvalue weighted by atomic mass is 10.0. The number of hydrogen-bond donors (Lipinski definition) is 2. The molecule has 33 heavy (non-hydrogen) atoms. The fraction of sp³-hybridized carbons (Fsp3) is 0.458. The number of sulfonamides is 1. The van der Waals surface area contributed by atoms with Crippen molar-refractivity contribution in [1.82, 2.24) is 9.80 Å². The molecule has 0 saturated heterocycles. The Kier molecular flexibility index (Phi) is 7.99. The first-order valence-electron chi connectivity index (χ1n) is 11.0. The third-order valence-electron chi connectivity index (χ3n) is 5.77. The van der Waals surface area contributed by atoms with Crippen LogP contribution in [0.3, 0.4) is 0 Å². The van der Waals surface area contributed by atoms with Gasteiger partial charge in [0.05, 0.1) is 24.0 Å². The summed E-state index contributed by atoms with van der Waals surface area (Å²) in [6.07, 6.45) is -0.146. The molecule has 3 rings (SSSR count). The van der Waals surface area contributed by atoms with E-state index in [9.17, 15) is 18.3 Å². The largest absolute Gasteiger partial charge is 0.488 e. The Labute approximate surface area is 196 Å². The number of carbonyl (C=O) groups is 1. The number of ether oxygens (including phenoxy) is 1. The SMILES string of the molecule is C[C@@H]1CN([C@@H](C)CO)C(=O)Cc2cc(NS(=O)(=O)c3ccccc3)ccc2O[C@H]1CN(C)C. The van der Waals surface area contributed by atoms with Gasteiger partial charge in [-0.25, -0.2) is 8.42 Å². The topological polar surface area (TPSA) is 99.2 Å². The van der Waals surface area contributed by atoms with Crippen LogP contribution in [0.4, 0.5) is 5.69 Å². The standard InChI is InChI=1S/C24H33N3O5S/c1-17-14-27(18(2)16-28)24(29)13-19-12-20(10-11-22(19)32-23(17)15-26(3)4)25-33(30,31)21-8-6-5-7-9-21/h5-12,17-18,23,25,28H,13-16H2,1-4H3/t17-,18+,23+/m1/s1. The Hall–Kier alpha value is -2.62. The highest BCUT2D eigenvalue weighted by atomic mass is 32.2. The van der Waals surface area contributed by atoms with E-state index in [4.69, 9.17) is 4.74 Å². The van der Waals surface area contributed by atoms with Crippen LogP contribution in [0.1, 0.15) is 19.4 Å². The molecule has 0 saturated carbocycles. The summed E-state index contributed by atoms with van der Waals surface area (Å²) in [5.74, 6) is 0.442. The number of anilines is 1. The summed E-state index contributed by atoms with van der Waals surface area (Å²) >= 11 is 0. The highest BCUT2D eigenvalue weighted by Gasteiger charge is 2.31. The first-order chi connectivity index (χ1) is 15.6. The van der Waals surface area contributed by atoms with Crippen LogP contribution < -0.4 is 9.46 Å². The number of amides is 1. The maximum Gasteiger partial charge on any atom is 0.261 e. The van der Waals surface area contributed by atoms with E-state index >= 15 is 0 Å². The first kappa shape index (κ1) is 25.0. The molecule has 1 amide bonds. The molecular formula is C24H33N3O5S. The maximum atomic E-state index is 13.2. The number of fused-ring (bicyclic) bond motifs is 1. The van der Waals surface area contributed by atoms with E-state index in [-0.39, 0.29) is 41.9 Å². The fourth-order valence-electron chi connectivity index (χ4n) is 3.88. The molecule has 0 radical (unpaired) electrons. The van der Waals surface area contributed by atoms with Gasteiger partial charge in [-0.05, 0) is 51.4 Å². The van der Waals surface area contributed by atoms with Gasteiger partial charge in [-0.15, -0.1) is 0 Å².